The third-order valence-electron chi connectivity index (χ3n) is 3.57. The topological polar surface area (TPSA) is 47.0 Å². The Morgan fingerprint density at radius 1 is 1.30 bits per heavy atom. The van der Waals surface area contributed by atoms with Gasteiger partial charge in [-0.2, -0.15) is 0 Å². The molecule has 0 radical (unpaired) electrons. The van der Waals surface area contributed by atoms with Gasteiger partial charge in [-0.1, -0.05) is 20.8 Å². The van der Waals surface area contributed by atoms with Crippen LogP contribution in [0, 0.1) is 3.57 Å². The summed E-state index contributed by atoms with van der Waals surface area (Å²) in [5.74, 6) is 2.87. The second kappa shape index (κ2) is 7.54. The fraction of sp³-hybridized carbons (Fsp3) is 0.733. The first-order chi connectivity index (χ1) is 9.63. The predicted octanol–water partition coefficient (Wildman–Crippen LogP) is 3.92. The lowest BCUT2D eigenvalue weighted by molar-refractivity contribution is 0.0835. The van der Waals surface area contributed by atoms with Crippen molar-refractivity contribution in [3.05, 3.63) is 15.1 Å². The molecule has 2 rings (SSSR count). The monoisotopic (exact) mass is 389 g/mol. The Labute approximate surface area is 135 Å². The second-order valence-corrected chi connectivity index (χ2v) is 6.68. The van der Waals surface area contributed by atoms with E-state index >= 15 is 0 Å². The first-order valence-electron chi connectivity index (χ1n) is 7.52. The molecule has 1 aromatic heterocycles. The van der Waals surface area contributed by atoms with E-state index in [1.165, 1.54) is 9.26 Å². The Morgan fingerprint density at radius 2 is 2.00 bits per heavy atom. The van der Waals surface area contributed by atoms with Gasteiger partial charge in [-0.05, 0) is 47.8 Å². The summed E-state index contributed by atoms with van der Waals surface area (Å²) in [4.78, 5) is 9.64. The quantitative estimate of drug-likeness (QED) is 0.776. The zero-order valence-corrected chi connectivity index (χ0v) is 14.7. The summed E-state index contributed by atoms with van der Waals surface area (Å²) >= 11 is 2.37. The minimum Gasteiger partial charge on any atom is -0.381 e. The van der Waals surface area contributed by atoms with Crippen LogP contribution in [0.3, 0.4) is 0 Å². The van der Waals surface area contributed by atoms with E-state index in [4.69, 9.17) is 14.7 Å². The van der Waals surface area contributed by atoms with Crippen molar-refractivity contribution in [3.63, 3.8) is 0 Å². The van der Waals surface area contributed by atoms with Crippen LogP contribution in [0.25, 0.3) is 0 Å². The van der Waals surface area contributed by atoms with Crippen molar-refractivity contribution in [2.45, 2.75) is 51.9 Å². The van der Waals surface area contributed by atoms with E-state index < -0.39 is 0 Å². The van der Waals surface area contributed by atoms with Gasteiger partial charge in [0, 0.05) is 25.7 Å². The molecular weight excluding hydrogens is 365 g/mol. The highest BCUT2D eigenvalue weighted by atomic mass is 127. The SMILES string of the molecule is CCCNc1nc(C2CCOCC2)nc(C(C)C)c1I. The molecule has 1 aliphatic heterocycles. The van der Waals surface area contributed by atoms with E-state index in [1.807, 2.05) is 0 Å². The van der Waals surface area contributed by atoms with E-state index in [0.29, 0.717) is 11.8 Å². The molecule has 0 spiro atoms. The van der Waals surface area contributed by atoms with Gasteiger partial charge in [-0.15, -0.1) is 0 Å². The summed E-state index contributed by atoms with van der Waals surface area (Å²) in [5.41, 5.74) is 1.17. The number of rotatable bonds is 5. The molecule has 0 saturated carbocycles. The molecule has 1 aliphatic rings. The van der Waals surface area contributed by atoms with E-state index in [2.05, 4.69) is 48.7 Å². The van der Waals surface area contributed by atoms with Crippen LogP contribution in [0.15, 0.2) is 0 Å². The molecule has 0 aliphatic carbocycles. The first-order valence-corrected chi connectivity index (χ1v) is 8.60. The Hall–Kier alpha value is -0.430. The lowest BCUT2D eigenvalue weighted by Crippen LogP contribution is -2.19. The Kier molecular flexibility index (Phi) is 6.01. The van der Waals surface area contributed by atoms with Crippen LogP contribution in [-0.4, -0.2) is 29.7 Å². The van der Waals surface area contributed by atoms with Crippen LogP contribution in [0.4, 0.5) is 5.82 Å². The lowest BCUT2D eigenvalue weighted by atomic mass is 9.99. The van der Waals surface area contributed by atoms with E-state index in [-0.39, 0.29) is 0 Å². The maximum atomic E-state index is 5.45. The number of ether oxygens (including phenoxy) is 1. The van der Waals surface area contributed by atoms with E-state index in [1.54, 1.807) is 0 Å². The zero-order chi connectivity index (χ0) is 14.5. The summed E-state index contributed by atoms with van der Waals surface area (Å²) in [6, 6.07) is 0. The van der Waals surface area contributed by atoms with Gasteiger partial charge in [0.25, 0.3) is 0 Å². The number of halogens is 1. The standard InChI is InChI=1S/C15H24IN3O/c1-4-7-17-15-12(16)13(10(2)3)18-14(19-15)11-5-8-20-9-6-11/h10-11H,4-9H2,1-3H3,(H,17,18,19). The van der Waals surface area contributed by atoms with Crippen LogP contribution in [0.2, 0.25) is 0 Å². The van der Waals surface area contributed by atoms with Crippen LogP contribution >= 0.6 is 22.6 Å². The van der Waals surface area contributed by atoms with Gasteiger partial charge in [0.2, 0.25) is 0 Å². The largest absolute Gasteiger partial charge is 0.381 e. The summed E-state index contributed by atoms with van der Waals surface area (Å²) in [5, 5.41) is 3.45. The molecule has 0 unspecified atom stereocenters. The van der Waals surface area contributed by atoms with Crippen LogP contribution in [-0.2, 0) is 4.74 Å². The molecule has 0 atom stereocenters. The average Bonchev–Trinajstić information content (AvgIpc) is 2.46. The molecule has 112 valence electrons. The number of hydrogen-bond acceptors (Lipinski definition) is 4. The maximum Gasteiger partial charge on any atom is 0.143 e. The number of nitrogens with zero attached hydrogens (tertiary/aromatic N) is 2. The fourth-order valence-electron chi connectivity index (χ4n) is 2.36. The number of aromatic nitrogens is 2. The molecule has 0 aromatic carbocycles. The molecule has 1 aromatic rings. The number of nitrogens with one attached hydrogen (secondary N) is 1. The molecule has 4 nitrogen and oxygen atoms in total. The van der Waals surface area contributed by atoms with Gasteiger partial charge in [0.15, 0.2) is 0 Å². The molecule has 5 heteroatoms. The molecule has 0 amide bonds. The lowest BCUT2D eigenvalue weighted by Gasteiger charge is -2.23. The molecule has 2 heterocycles. The van der Waals surface area contributed by atoms with Gasteiger partial charge in [0.1, 0.15) is 11.6 Å². The summed E-state index contributed by atoms with van der Waals surface area (Å²) in [6.07, 6.45) is 3.17. The Bertz CT molecular complexity index is 445. The normalized spacial score (nSPS) is 16.6. The van der Waals surface area contributed by atoms with Crippen molar-refractivity contribution < 1.29 is 4.74 Å². The Balaban J connectivity index is 2.32. The molecule has 1 fully saturated rings. The van der Waals surface area contributed by atoms with Gasteiger partial charge in [-0.3, -0.25) is 0 Å². The summed E-state index contributed by atoms with van der Waals surface area (Å²) < 4.78 is 6.61. The third kappa shape index (κ3) is 3.81. The van der Waals surface area contributed by atoms with Crippen molar-refractivity contribution in [3.8, 4) is 0 Å². The van der Waals surface area contributed by atoms with Crippen molar-refractivity contribution in [2.75, 3.05) is 25.1 Å². The van der Waals surface area contributed by atoms with Crippen LogP contribution in [0.1, 0.15) is 63.4 Å². The Morgan fingerprint density at radius 3 is 2.60 bits per heavy atom. The van der Waals surface area contributed by atoms with Gasteiger partial charge < -0.3 is 10.1 Å². The average molecular weight is 389 g/mol. The van der Waals surface area contributed by atoms with Crippen molar-refractivity contribution in [1.82, 2.24) is 9.97 Å². The highest BCUT2D eigenvalue weighted by Crippen LogP contribution is 2.30. The molecule has 1 saturated heterocycles. The second-order valence-electron chi connectivity index (χ2n) is 5.60. The van der Waals surface area contributed by atoms with Gasteiger partial charge >= 0.3 is 0 Å². The van der Waals surface area contributed by atoms with Crippen LogP contribution in [0.5, 0.6) is 0 Å². The van der Waals surface area contributed by atoms with Gasteiger partial charge in [0.05, 0.1) is 9.26 Å². The molecule has 20 heavy (non-hydrogen) atoms. The van der Waals surface area contributed by atoms with Crippen LogP contribution < -0.4 is 5.32 Å². The van der Waals surface area contributed by atoms with Gasteiger partial charge in [-0.25, -0.2) is 9.97 Å². The molecular formula is C15H24IN3O. The maximum absolute atomic E-state index is 5.45. The fourth-order valence-corrected chi connectivity index (χ4v) is 3.42. The van der Waals surface area contributed by atoms with E-state index in [9.17, 15) is 0 Å². The highest BCUT2D eigenvalue weighted by molar-refractivity contribution is 14.1. The summed E-state index contributed by atoms with van der Waals surface area (Å²) in [7, 11) is 0. The minimum absolute atomic E-state index is 0.422. The number of hydrogen-bond donors (Lipinski definition) is 1. The molecule has 0 bridgehead atoms. The highest BCUT2D eigenvalue weighted by Gasteiger charge is 2.22. The van der Waals surface area contributed by atoms with Crippen molar-refractivity contribution >= 4 is 28.4 Å². The molecule has 1 N–H and O–H groups in total. The van der Waals surface area contributed by atoms with Crippen molar-refractivity contribution in [1.29, 1.82) is 0 Å². The summed E-state index contributed by atoms with van der Waals surface area (Å²) in [6.45, 7) is 9.18. The van der Waals surface area contributed by atoms with E-state index in [0.717, 1.165) is 50.7 Å². The first kappa shape index (κ1) is 15.9. The van der Waals surface area contributed by atoms with Crippen molar-refractivity contribution in [2.24, 2.45) is 0 Å². The third-order valence-corrected chi connectivity index (χ3v) is 4.63. The smallest absolute Gasteiger partial charge is 0.143 e. The number of anilines is 1. The zero-order valence-electron chi connectivity index (χ0n) is 12.6. The predicted molar refractivity (Wildman–Crippen MR) is 90.4 cm³/mol. The minimum atomic E-state index is 0.422.